The summed E-state index contributed by atoms with van der Waals surface area (Å²) in [6.07, 6.45) is 4.14. The van der Waals surface area contributed by atoms with Gasteiger partial charge in [-0.25, -0.2) is 8.42 Å². The molecule has 0 spiro atoms. The van der Waals surface area contributed by atoms with Gasteiger partial charge in [0.25, 0.3) is 10.0 Å². The quantitative estimate of drug-likeness (QED) is 0.451. The highest BCUT2D eigenvalue weighted by atomic mass is 35.5. The van der Waals surface area contributed by atoms with Crippen LogP contribution in [0.3, 0.4) is 0 Å². The highest BCUT2D eigenvalue weighted by Gasteiger charge is 2.23. The van der Waals surface area contributed by atoms with E-state index in [4.69, 9.17) is 5.41 Å². The van der Waals surface area contributed by atoms with E-state index in [9.17, 15) is 8.42 Å². The number of sulfonamides is 1. The van der Waals surface area contributed by atoms with Gasteiger partial charge in [0.2, 0.25) is 0 Å². The predicted octanol–water partition coefficient (Wildman–Crippen LogP) is 6.35. The van der Waals surface area contributed by atoms with E-state index in [2.05, 4.69) is 25.5 Å². The van der Waals surface area contributed by atoms with Gasteiger partial charge in [0.15, 0.2) is 0 Å². The molecule has 1 atom stereocenters. The second-order valence-electron chi connectivity index (χ2n) is 8.31. The molecule has 1 aliphatic carbocycles. The molecule has 1 unspecified atom stereocenters. The number of rotatable bonds is 9. The first-order valence-electron chi connectivity index (χ1n) is 10.0. The van der Waals surface area contributed by atoms with Crippen LogP contribution < -0.4 is 4.72 Å². The van der Waals surface area contributed by atoms with E-state index in [1.165, 1.54) is 12.8 Å². The van der Waals surface area contributed by atoms with Gasteiger partial charge in [0.1, 0.15) is 0 Å². The zero-order chi connectivity index (χ0) is 20.3. The molecule has 6 heteroatoms. The van der Waals surface area contributed by atoms with Gasteiger partial charge in [-0.15, -0.1) is 12.4 Å². The Labute approximate surface area is 181 Å². The van der Waals surface area contributed by atoms with Crippen LogP contribution in [0.2, 0.25) is 0 Å². The zero-order valence-electron chi connectivity index (χ0n) is 17.3. The summed E-state index contributed by atoms with van der Waals surface area (Å²) >= 11 is 0. The molecule has 0 radical (unpaired) electrons. The van der Waals surface area contributed by atoms with Gasteiger partial charge >= 0.3 is 0 Å². The maximum absolute atomic E-state index is 12.7. The van der Waals surface area contributed by atoms with E-state index in [1.807, 2.05) is 30.3 Å². The lowest BCUT2D eigenvalue weighted by atomic mass is 9.93. The molecule has 2 aromatic rings. The molecule has 0 aromatic heterocycles. The lowest BCUT2D eigenvalue weighted by molar-refractivity contribution is 0.601. The maximum atomic E-state index is 12.7. The summed E-state index contributed by atoms with van der Waals surface area (Å²) in [6, 6.07) is 14.6. The van der Waals surface area contributed by atoms with Crippen molar-refractivity contribution in [1.29, 1.82) is 5.41 Å². The molecule has 0 bridgehead atoms. The van der Waals surface area contributed by atoms with Crippen molar-refractivity contribution in [2.75, 3.05) is 4.72 Å². The van der Waals surface area contributed by atoms with Crippen LogP contribution in [0.5, 0.6) is 0 Å². The van der Waals surface area contributed by atoms with Crippen molar-refractivity contribution in [3.05, 3.63) is 59.7 Å². The molecule has 1 fully saturated rings. The molecule has 0 amide bonds. The molecule has 0 aliphatic heterocycles. The molecule has 4 nitrogen and oxygen atoms in total. The van der Waals surface area contributed by atoms with E-state index in [-0.39, 0.29) is 23.2 Å². The lowest BCUT2D eigenvalue weighted by Gasteiger charge is -2.15. The fourth-order valence-electron chi connectivity index (χ4n) is 3.40. The van der Waals surface area contributed by atoms with Crippen LogP contribution in [0.25, 0.3) is 0 Å². The average molecular weight is 435 g/mol. The van der Waals surface area contributed by atoms with E-state index >= 15 is 0 Å². The Hall–Kier alpha value is -1.85. The summed E-state index contributed by atoms with van der Waals surface area (Å²) in [5.74, 6) is 1.28. The lowest BCUT2D eigenvalue weighted by Crippen LogP contribution is -2.13. The summed E-state index contributed by atoms with van der Waals surface area (Å²) in [5.41, 5.74) is 3.52. The molecular weight excluding hydrogens is 404 g/mol. The minimum absolute atomic E-state index is 0. The first-order chi connectivity index (χ1) is 13.2. The van der Waals surface area contributed by atoms with Crippen LogP contribution in [0.1, 0.15) is 69.4 Å². The van der Waals surface area contributed by atoms with Crippen LogP contribution >= 0.6 is 12.4 Å². The minimum Gasteiger partial charge on any atom is -0.310 e. The largest absolute Gasteiger partial charge is 0.310 e. The molecule has 29 heavy (non-hydrogen) atoms. The molecule has 2 aromatic carbocycles. The third kappa shape index (κ3) is 6.58. The Balaban J connectivity index is 0.00000300. The fourth-order valence-corrected chi connectivity index (χ4v) is 4.45. The van der Waals surface area contributed by atoms with Crippen LogP contribution in [0.15, 0.2) is 53.4 Å². The maximum Gasteiger partial charge on any atom is 0.261 e. The van der Waals surface area contributed by atoms with Crippen molar-refractivity contribution < 1.29 is 8.42 Å². The van der Waals surface area contributed by atoms with Crippen molar-refractivity contribution in [2.24, 2.45) is 5.92 Å². The molecule has 1 aliphatic rings. The monoisotopic (exact) mass is 434 g/mol. The summed E-state index contributed by atoms with van der Waals surface area (Å²) in [5, 5.41) is 8.18. The summed E-state index contributed by atoms with van der Waals surface area (Å²) in [7, 11) is -3.62. The van der Waals surface area contributed by atoms with Crippen LogP contribution in [-0.2, 0) is 10.0 Å². The van der Waals surface area contributed by atoms with Gasteiger partial charge in [0, 0.05) is 11.4 Å². The molecular formula is C23H31ClN2O2S. The minimum atomic E-state index is -3.62. The first kappa shape index (κ1) is 23.4. The number of hydrogen-bond acceptors (Lipinski definition) is 3. The number of hydrogen-bond donors (Lipinski definition) is 2. The van der Waals surface area contributed by atoms with Gasteiger partial charge < -0.3 is 5.41 Å². The van der Waals surface area contributed by atoms with Gasteiger partial charge in [-0.05, 0) is 78.8 Å². The Morgan fingerprint density at radius 1 is 1.07 bits per heavy atom. The normalized spacial score (nSPS) is 14.9. The summed E-state index contributed by atoms with van der Waals surface area (Å²) < 4.78 is 28.1. The number of halogens is 1. The van der Waals surface area contributed by atoms with Gasteiger partial charge in [0.05, 0.1) is 4.90 Å². The van der Waals surface area contributed by atoms with Crippen LogP contribution in [-0.4, -0.2) is 14.1 Å². The van der Waals surface area contributed by atoms with Crippen molar-refractivity contribution in [3.8, 4) is 0 Å². The third-order valence-corrected chi connectivity index (χ3v) is 6.75. The topological polar surface area (TPSA) is 70.0 Å². The Morgan fingerprint density at radius 2 is 1.72 bits per heavy atom. The van der Waals surface area contributed by atoms with E-state index < -0.39 is 10.0 Å². The van der Waals surface area contributed by atoms with Crippen LogP contribution in [0.4, 0.5) is 5.69 Å². The molecule has 2 N–H and O–H groups in total. The Kier molecular flexibility index (Phi) is 7.89. The molecule has 0 heterocycles. The highest BCUT2D eigenvalue weighted by molar-refractivity contribution is 7.92. The van der Waals surface area contributed by atoms with E-state index in [0.717, 1.165) is 35.6 Å². The standard InChI is InChI=1S/C23H30N2O2S.ClH/c1-16(2)19-9-11-23(12-10-19)28(26,27)25-22-6-4-5-20(15-22)17(3)13-21(24)14-18-7-8-18;/h4-6,9-12,15-18,24-25H,7-8,13-14H2,1-3H3;1H. The van der Waals surface area contributed by atoms with Gasteiger partial charge in [-0.2, -0.15) is 0 Å². The average Bonchev–Trinajstić information content (AvgIpc) is 3.45. The number of benzene rings is 2. The molecule has 0 saturated heterocycles. The van der Waals surface area contributed by atoms with Crippen LogP contribution in [0, 0.1) is 11.3 Å². The van der Waals surface area contributed by atoms with Gasteiger partial charge in [-0.3, -0.25) is 4.72 Å². The second-order valence-corrected chi connectivity index (χ2v) is 9.99. The number of anilines is 1. The summed E-state index contributed by atoms with van der Waals surface area (Å²) in [4.78, 5) is 0.265. The molecule has 3 rings (SSSR count). The zero-order valence-corrected chi connectivity index (χ0v) is 18.9. The Morgan fingerprint density at radius 3 is 2.31 bits per heavy atom. The van der Waals surface area contributed by atoms with E-state index in [0.29, 0.717) is 11.6 Å². The highest BCUT2D eigenvalue weighted by Crippen LogP contribution is 2.34. The van der Waals surface area contributed by atoms with E-state index in [1.54, 1.807) is 18.2 Å². The SMILES string of the molecule is CC(C)c1ccc(S(=O)(=O)Nc2cccc(C(C)CC(=N)CC3CC3)c2)cc1.Cl. The molecule has 158 valence electrons. The van der Waals surface area contributed by atoms with Crippen molar-refractivity contribution in [3.63, 3.8) is 0 Å². The third-order valence-electron chi connectivity index (χ3n) is 5.35. The van der Waals surface area contributed by atoms with Crippen molar-refractivity contribution in [1.82, 2.24) is 0 Å². The summed E-state index contributed by atoms with van der Waals surface area (Å²) in [6.45, 7) is 6.26. The first-order valence-corrected chi connectivity index (χ1v) is 11.5. The smallest absolute Gasteiger partial charge is 0.261 e. The van der Waals surface area contributed by atoms with Crippen molar-refractivity contribution in [2.45, 2.75) is 63.2 Å². The predicted molar refractivity (Wildman–Crippen MR) is 123 cm³/mol. The van der Waals surface area contributed by atoms with Gasteiger partial charge in [-0.1, -0.05) is 45.0 Å². The second kappa shape index (κ2) is 9.77. The fraction of sp³-hybridized carbons (Fsp3) is 0.435. The Bertz CT molecular complexity index is 936. The number of nitrogens with one attached hydrogen (secondary N) is 2. The van der Waals surface area contributed by atoms with Crippen molar-refractivity contribution >= 4 is 33.8 Å². The molecule has 1 saturated carbocycles.